The Morgan fingerprint density at radius 3 is 2.44 bits per heavy atom. The Kier molecular flexibility index (Phi) is 4.91. The summed E-state index contributed by atoms with van der Waals surface area (Å²) in [7, 11) is 0. The molecule has 0 aliphatic carbocycles. The second-order valence-electron chi connectivity index (χ2n) is 10.3. The molecule has 4 heterocycles. The molecule has 2 bridgehead atoms. The van der Waals surface area contributed by atoms with Gasteiger partial charge in [0.2, 0.25) is 17.7 Å². The lowest BCUT2D eigenvalue weighted by Crippen LogP contribution is -2.58. The predicted octanol–water partition coefficient (Wildman–Crippen LogP) is 2.68. The van der Waals surface area contributed by atoms with Gasteiger partial charge < -0.3 is 15.4 Å². The Morgan fingerprint density at radius 2 is 1.79 bits per heavy atom. The maximum Gasteiger partial charge on any atom is 0.246 e. The molecule has 2 fully saturated rings. The van der Waals surface area contributed by atoms with Crippen LogP contribution in [0.25, 0.3) is 0 Å². The van der Waals surface area contributed by atoms with Crippen molar-refractivity contribution in [1.29, 1.82) is 0 Å². The highest BCUT2D eigenvalue weighted by Crippen LogP contribution is 2.60. The van der Waals surface area contributed by atoms with Gasteiger partial charge in [0.1, 0.15) is 11.6 Å². The molecule has 1 aromatic heterocycles. The van der Waals surface area contributed by atoms with Gasteiger partial charge in [0.05, 0.1) is 29.3 Å². The van der Waals surface area contributed by atoms with Crippen LogP contribution in [0, 0.1) is 11.8 Å². The standard InChI is InChI=1S/C26H28N4O4/c1-24(2,3)29-22(32)20-26-13-12-25(4,34-26)18(21(31)28-16-9-6-5-7-10-16)19(26)23(33)30(20)17-11-8-14-27-15-17/h5-15,18-20H,1-4H3,(H,28,31)(H,29,32)/t18-,19-,20-,25-,26+/m0/s1. The minimum atomic E-state index is -1.27. The summed E-state index contributed by atoms with van der Waals surface area (Å²) >= 11 is 0. The van der Waals surface area contributed by atoms with Crippen molar-refractivity contribution in [2.24, 2.45) is 11.8 Å². The van der Waals surface area contributed by atoms with Crippen molar-refractivity contribution in [2.75, 3.05) is 10.2 Å². The second kappa shape index (κ2) is 7.50. The lowest BCUT2D eigenvalue weighted by molar-refractivity contribution is -0.131. The molecule has 2 aromatic rings. The molecule has 0 saturated carbocycles. The minimum absolute atomic E-state index is 0.318. The molecule has 2 saturated heterocycles. The monoisotopic (exact) mass is 460 g/mol. The number of para-hydroxylation sites is 1. The zero-order chi connectivity index (χ0) is 24.3. The summed E-state index contributed by atoms with van der Waals surface area (Å²) in [6.07, 6.45) is 6.76. The van der Waals surface area contributed by atoms with Crippen LogP contribution in [0.1, 0.15) is 27.7 Å². The first-order chi connectivity index (χ1) is 16.1. The van der Waals surface area contributed by atoms with E-state index in [0.29, 0.717) is 11.4 Å². The number of nitrogens with one attached hydrogen (secondary N) is 2. The zero-order valence-electron chi connectivity index (χ0n) is 19.6. The molecule has 3 aliphatic rings. The van der Waals surface area contributed by atoms with E-state index in [-0.39, 0.29) is 17.7 Å². The summed E-state index contributed by atoms with van der Waals surface area (Å²) in [6, 6.07) is 11.6. The van der Waals surface area contributed by atoms with E-state index in [0.717, 1.165) is 0 Å². The number of fused-ring (bicyclic) bond motifs is 1. The first-order valence-corrected chi connectivity index (χ1v) is 11.4. The highest BCUT2D eigenvalue weighted by atomic mass is 16.5. The van der Waals surface area contributed by atoms with Crippen LogP contribution in [-0.4, -0.2) is 45.5 Å². The maximum absolute atomic E-state index is 14.0. The summed E-state index contributed by atoms with van der Waals surface area (Å²) in [4.78, 5) is 46.8. The number of amides is 3. The summed E-state index contributed by atoms with van der Waals surface area (Å²) in [5.41, 5.74) is -1.69. The number of carbonyl (C=O) groups excluding carboxylic acids is 3. The van der Waals surface area contributed by atoms with Crippen LogP contribution in [0.15, 0.2) is 67.0 Å². The van der Waals surface area contributed by atoms with E-state index in [2.05, 4.69) is 15.6 Å². The molecule has 3 aliphatic heterocycles. The Hall–Kier alpha value is -3.52. The molecule has 8 heteroatoms. The quantitative estimate of drug-likeness (QED) is 0.684. The average Bonchev–Trinajstić information content (AvgIpc) is 3.34. The number of pyridine rings is 1. The maximum atomic E-state index is 14.0. The number of carbonyl (C=O) groups is 3. The van der Waals surface area contributed by atoms with Crippen LogP contribution in [0.5, 0.6) is 0 Å². The number of hydrogen-bond acceptors (Lipinski definition) is 5. The molecule has 8 nitrogen and oxygen atoms in total. The third-order valence-electron chi connectivity index (χ3n) is 6.69. The van der Waals surface area contributed by atoms with Gasteiger partial charge >= 0.3 is 0 Å². The van der Waals surface area contributed by atoms with Crippen molar-refractivity contribution in [3.8, 4) is 0 Å². The van der Waals surface area contributed by atoms with Crippen molar-refractivity contribution in [1.82, 2.24) is 10.3 Å². The summed E-state index contributed by atoms with van der Waals surface area (Å²) in [6.45, 7) is 7.44. The molecule has 0 radical (unpaired) electrons. The van der Waals surface area contributed by atoms with E-state index in [4.69, 9.17) is 4.74 Å². The van der Waals surface area contributed by atoms with E-state index < -0.39 is 34.6 Å². The summed E-state index contributed by atoms with van der Waals surface area (Å²) in [5, 5.41) is 5.92. The number of ether oxygens (including phenoxy) is 1. The fourth-order valence-electron chi connectivity index (χ4n) is 5.49. The number of rotatable bonds is 4. The molecule has 34 heavy (non-hydrogen) atoms. The lowest BCUT2D eigenvalue weighted by atomic mass is 9.70. The highest BCUT2D eigenvalue weighted by Gasteiger charge is 2.76. The van der Waals surface area contributed by atoms with Crippen molar-refractivity contribution in [2.45, 2.75) is 50.5 Å². The SMILES string of the molecule is CC(C)(C)NC(=O)[C@@H]1N(c2cccnc2)C(=O)[C@@H]2[C@@H](C(=O)Nc3ccccc3)[C@]3(C)C=C[C@@]21O3. The van der Waals surface area contributed by atoms with Gasteiger partial charge in [-0.3, -0.25) is 24.3 Å². The first kappa shape index (κ1) is 22.3. The average molecular weight is 461 g/mol. The fraction of sp³-hybridized carbons (Fsp3) is 0.385. The third kappa shape index (κ3) is 3.32. The van der Waals surface area contributed by atoms with E-state index in [9.17, 15) is 14.4 Å². The molecule has 1 spiro atoms. The van der Waals surface area contributed by atoms with Gasteiger partial charge in [-0.2, -0.15) is 0 Å². The zero-order valence-corrected chi connectivity index (χ0v) is 19.6. The fourth-order valence-corrected chi connectivity index (χ4v) is 5.49. The number of aromatic nitrogens is 1. The Balaban J connectivity index is 1.59. The number of anilines is 2. The molecule has 5 rings (SSSR count). The van der Waals surface area contributed by atoms with Crippen LogP contribution in [0.2, 0.25) is 0 Å². The van der Waals surface area contributed by atoms with Gasteiger partial charge in [0, 0.05) is 17.4 Å². The van der Waals surface area contributed by atoms with Crippen LogP contribution < -0.4 is 15.5 Å². The predicted molar refractivity (Wildman–Crippen MR) is 127 cm³/mol. The number of nitrogens with zero attached hydrogens (tertiary/aromatic N) is 2. The number of hydrogen-bond donors (Lipinski definition) is 2. The van der Waals surface area contributed by atoms with Gasteiger partial charge in [-0.25, -0.2) is 0 Å². The normalized spacial score (nSPS) is 31.5. The Bertz CT molecular complexity index is 1180. The van der Waals surface area contributed by atoms with E-state index >= 15 is 0 Å². The molecule has 1 aromatic carbocycles. The Morgan fingerprint density at radius 1 is 1.06 bits per heavy atom. The smallest absolute Gasteiger partial charge is 0.246 e. The highest BCUT2D eigenvalue weighted by molar-refractivity contribution is 6.11. The van der Waals surface area contributed by atoms with Crippen molar-refractivity contribution in [3.63, 3.8) is 0 Å². The van der Waals surface area contributed by atoms with Crippen LogP contribution in [0.3, 0.4) is 0 Å². The molecule has 5 atom stereocenters. The molecule has 0 unspecified atom stereocenters. The second-order valence-corrected chi connectivity index (χ2v) is 10.3. The van der Waals surface area contributed by atoms with Gasteiger partial charge in [0.15, 0.2) is 0 Å². The van der Waals surface area contributed by atoms with E-state index in [1.807, 2.05) is 45.0 Å². The molecule has 2 N–H and O–H groups in total. The van der Waals surface area contributed by atoms with Gasteiger partial charge in [0.25, 0.3) is 0 Å². The summed E-state index contributed by atoms with van der Waals surface area (Å²) < 4.78 is 6.50. The third-order valence-corrected chi connectivity index (χ3v) is 6.69. The molecule has 3 amide bonds. The van der Waals surface area contributed by atoms with Crippen molar-refractivity contribution >= 4 is 29.1 Å². The van der Waals surface area contributed by atoms with Crippen LogP contribution in [0.4, 0.5) is 11.4 Å². The van der Waals surface area contributed by atoms with Crippen molar-refractivity contribution in [3.05, 3.63) is 67.0 Å². The molecular weight excluding hydrogens is 432 g/mol. The van der Waals surface area contributed by atoms with E-state index in [1.54, 1.807) is 49.7 Å². The molecule has 176 valence electrons. The Labute approximate surface area is 198 Å². The van der Waals surface area contributed by atoms with Gasteiger partial charge in [-0.15, -0.1) is 0 Å². The summed E-state index contributed by atoms with van der Waals surface area (Å²) in [5.74, 6) is -2.66. The topological polar surface area (TPSA) is 101 Å². The van der Waals surface area contributed by atoms with Gasteiger partial charge in [-0.1, -0.05) is 30.4 Å². The lowest BCUT2D eigenvalue weighted by Gasteiger charge is -2.34. The van der Waals surface area contributed by atoms with Crippen molar-refractivity contribution < 1.29 is 19.1 Å². The largest absolute Gasteiger partial charge is 0.356 e. The molecular formula is C26H28N4O4. The van der Waals surface area contributed by atoms with E-state index in [1.165, 1.54) is 4.90 Å². The van der Waals surface area contributed by atoms with Crippen LogP contribution >= 0.6 is 0 Å². The van der Waals surface area contributed by atoms with Gasteiger partial charge in [-0.05, 0) is 52.0 Å². The minimum Gasteiger partial charge on any atom is -0.356 e. The van der Waals surface area contributed by atoms with Crippen LogP contribution in [-0.2, 0) is 19.1 Å². The first-order valence-electron chi connectivity index (χ1n) is 11.4. The number of benzene rings is 1.